The first-order chi connectivity index (χ1) is 51.2. The molecular weight excluding hydrogens is 1400 g/mol. The Morgan fingerprint density at radius 2 is 1.29 bits per heavy atom. The molecule has 1 aromatic carbocycles. The number of ether oxygens (including phenoxy) is 13. The fourth-order valence-electron chi connectivity index (χ4n) is 12.8. The summed E-state index contributed by atoms with van der Waals surface area (Å²) < 4.78 is 72.4. The van der Waals surface area contributed by atoms with Gasteiger partial charge in [-0.15, -0.1) is 0 Å². The number of ketones is 2. The van der Waals surface area contributed by atoms with Gasteiger partial charge in [0.05, 0.1) is 147 Å². The van der Waals surface area contributed by atoms with E-state index in [1.54, 1.807) is 56.7 Å². The Kier molecular flexibility index (Phi) is 46.9. The highest BCUT2D eigenvalue weighted by atomic mass is 16.8. The summed E-state index contributed by atoms with van der Waals surface area (Å²) in [5.74, 6) is -0.0231. The molecule has 0 spiro atoms. The zero-order valence-electron chi connectivity index (χ0n) is 65.4. The van der Waals surface area contributed by atoms with Gasteiger partial charge < -0.3 is 107 Å². The Bertz CT molecular complexity index is 2840. The van der Waals surface area contributed by atoms with E-state index in [0.29, 0.717) is 137 Å². The number of hydrogen-bond donors (Lipinski definition) is 7. The van der Waals surface area contributed by atoms with Gasteiger partial charge in [-0.2, -0.15) is 0 Å². The van der Waals surface area contributed by atoms with Gasteiger partial charge in [0.25, 0.3) is 6.47 Å². The molecular formula is C75H126N6O26. The number of benzene rings is 1. The lowest BCUT2D eigenvalue weighted by atomic mass is 9.83. The summed E-state index contributed by atoms with van der Waals surface area (Å²) >= 11 is 0. The summed E-state index contributed by atoms with van der Waals surface area (Å²) in [4.78, 5) is 119. The van der Waals surface area contributed by atoms with Crippen molar-refractivity contribution in [2.45, 2.75) is 207 Å². The number of carbonyl (C=O) groups excluding carboxylic acids is 8. The van der Waals surface area contributed by atoms with Gasteiger partial charge in [0.15, 0.2) is 5.78 Å². The van der Waals surface area contributed by atoms with Crippen LogP contribution >= 0.6 is 0 Å². The van der Waals surface area contributed by atoms with Crippen molar-refractivity contribution < 1.29 is 125 Å². The van der Waals surface area contributed by atoms with E-state index in [-0.39, 0.29) is 85.0 Å². The number of aliphatic hydroxyl groups excluding tert-OH is 4. The molecule has 32 nitrogen and oxygen atoms in total. The molecule has 2 fully saturated rings. The van der Waals surface area contributed by atoms with E-state index in [1.807, 2.05) is 47.6 Å². The molecule has 0 aliphatic carbocycles. The molecule has 107 heavy (non-hydrogen) atoms. The predicted octanol–water partition coefficient (Wildman–Crippen LogP) is 4.21. The Labute approximate surface area is 631 Å². The lowest BCUT2D eigenvalue weighted by Gasteiger charge is -2.41. The summed E-state index contributed by atoms with van der Waals surface area (Å²) in [6.07, 6.45) is -5.52. The van der Waals surface area contributed by atoms with Crippen LogP contribution in [0.3, 0.4) is 0 Å². The van der Waals surface area contributed by atoms with Crippen molar-refractivity contribution in [1.82, 2.24) is 20.0 Å². The molecule has 5 unspecified atom stereocenters. The number of nitrogens with two attached hydrogens (primary N) is 1. The molecule has 2 aliphatic heterocycles. The second-order valence-corrected chi connectivity index (χ2v) is 27.4. The average molecular weight is 1530 g/mol. The van der Waals surface area contributed by atoms with Gasteiger partial charge >= 0.3 is 6.09 Å². The minimum Gasteiger partial charge on any atom is -0.461 e. The van der Waals surface area contributed by atoms with Gasteiger partial charge in [0, 0.05) is 84.3 Å². The predicted molar refractivity (Wildman–Crippen MR) is 392 cm³/mol. The summed E-state index contributed by atoms with van der Waals surface area (Å²) in [5.41, 5.74) is 0.880. The minimum absolute atomic E-state index is 0.0286. The monoisotopic (exact) mass is 1530 g/mol. The van der Waals surface area contributed by atoms with Crippen molar-refractivity contribution in [3.05, 3.63) is 47.6 Å². The number of nitrogens with one attached hydrogen (secondary N) is 2. The lowest BCUT2D eigenvalue weighted by molar-refractivity contribution is -0.321. The molecule has 612 valence electrons. The third-order valence-electron chi connectivity index (χ3n) is 19.0. The Balaban J connectivity index is 1.64. The van der Waals surface area contributed by atoms with Crippen LogP contribution in [0, 0.1) is 29.6 Å². The van der Waals surface area contributed by atoms with Gasteiger partial charge in [-0.25, -0.2) is 10.7 Å². The van der Waals surface area contributed by atoms with Crippen molar-refractivity contribution in [1.29, 1.82) is 0 Å². The average Bonchev–Trinajstić information content (AvgIpc) is 1.72. The van der Waals surface area contributed by atoms with E-state index < -0.39 is 121 Å². The van der Waals surface area contributed by atoms with Crippen LogP contribution in [-0.4, -0.2) is 290 Å². The van der Waals surface area contributed by atoms with Crippen molar-refractivity contribution in [3.63, 3.8) is 0 Å². The van der Waals surface area contributed by atoms with Crippen molar-refractivity contribution in [2.24, 2.45) is 35.5 Å². The normalized spacial score (nSPS) is 20.2. The molecule has 2 heterocycles. The molecule has 0 aromatic heterocycles. The maximum atomic E-state index is 15.0. The van der Waals surface area contributed by atoms with Gasteiger partial charge in [0.1, 0.15) is 36.5 Å². The number of carbonyl (C=O) groups is 8. The van der Waals surface area contributed by atoms with E-state index in [4.69, 9.17) is 67.5 Å². The number of rotatable bonds is 57. The first kappa shape index (κ1) is 95.0. The Morgan fingerprint density at radius 1 is 0.720 bits per heavy atom. The highest BCUT2D eigenvalue weighted by Gasteiger charge is 2.48. The number of likely N-dealkylation sites (N-methyl/N-ethyl adjacent to an activating group) is 2. The van der Waals surface area contributed by atoms with Crippen LogP contribution in [0.4, 0.5) is 10.5 Å². The number of amides is 5. The third-order valence-corrected chi connectivity index (χ3v) is 19.0. The number of aliphatic hydroxyl groups is 4. The number of Topliss-reactive ketones (excluding diaryl/α,β-unsaturated/α-hetero) is 2. The zero-order valence-corrected chi connectivity index (χ0v) is 65.4. The van der Waals surface area contributed by atoms with Crippen molar-refractivity contribution in [3.8, 4) is 5.75 Å². The van der Waals surface area contributed by atoms with Gasteiger partial charge in [-0.05, 0) is 81.6 Å². The van der Waals surface area contributed by atoms with Gasteiger partial charge in [-0.1, -0.05) is 73.1 Å². The minimum atomic E-state index is -1.91. The molecule has 32 heteroatoms. The van der Waals surface area contributed by atoms with Gasteiger partial charge in [0.2, 0.25) is 36.2 Å². The molecule has 2 aliphatic rings. The number of likely N-dealkylation sites (tertiary alicyclic amines) is 1. The van der Waals surface area contributed by atoms with Crippen molar-refractivity contribution in [2.75, 3.05) is 139 Å². The van der Waals surface area contributed by atoms with Crippen LogP contribution in [0.15, 0.2) is 42.0 Å². The molecule has 15 atom stereocenters. The standard InChI is InChI=1S/C75H126N6O26/c1-15-20-53(17-3)66(87)52(10)77-71(91)51(9)70(95-14)58-22-18-27-81(58)63(86)45-61(94-13)65(50(8)16-2)79(11)72(92)57(48(4)5)44-59(84)64(49(6)7)80(12)75(93)103-46-54-43-55(23-25-60(54)106-74-69(90)67(88)68(89)73(107-74)104-47-82)78-62(85)26-24-56(83)21-19-28-96-29-30-97-31-32-98-33-34-99-35-36-100-37-38-101-39-40-102-41-42-105-76/h15,17,20,23,25,43,47-52,57-58,61,64-70,73-74,87-90H,16,18-19,21-22,24,26-42,44-46,76H2,1-14H3,(H,77,91)(H,78,85)/b20-15-,53-17+/t50-,51+,52+,57-,58-,61+,64-,65-,66+,67?,68?,69?,70+,73?,74?/m0/s1. The topological polar surface area (TPSA) is 407 Å². The lowest BCUT2D eigenvalue weighted by Crippen LogP contribution is -2.59. The summed E-state index contributed by atoms with van der Waals surface area (Å²) in [5, 5.41) is 48.6. The van der Waals surface area contributed by atoms with E-state index in [2.05, 4.69) is 15.5 Å². The number of hydrogen-bond acceptors (Lipinski definition) is 27. The quantitative estimate of drug-likeness (QED) is 0.0208. The van der Waals surface area contributed by atoms with Crippen LogP contribution in [0.2, 0.25) is 0 Å². The molecule has 3 rings (SSSR count). The van der Waals surface area contributed by atoms with Crippen LogP contribution in [0.25, 0.3) is 0 Å². The smallest absolute Gasteiger partial charge is 0.410 e. The first-order valence-corrected chi connectivity index (χ1v) is 37.2. The Hall–Kier alpha value is -6.18. The maximum Gasteiger partial charge on any atom is 0.410 e. The van der Waals surface area contributed by atoms with Crippen LogP contribution in [0.1, 0.15) is 133 Å². The highest BCUT2D eigenvalue weighted by molar-refractivity contribution is 5.94. The zero-order chi connectivity index (χ0) is 79.5. The molecule has 0 saturated carbocycles. The number of anilines is 1. The van der Waals surface area contributed by atoms with Crippen molar-refractivity contribution >= 4 is 53.4 Å². The number of allylic oxidation sites excluding steroid dienone is 2. The van der Waals surface area contributed by atoms with E-state index in [1.165, 1.54) is 39.5 Å². The second-order valence-electron chi connectivity index (χ2n) is 27.4. The molecule has 2 saturated heterocycles. The summed E-state index contributed by atoms with van der Waals surface area (Å²) in [6, 6.07) is 1.27. The first-order valence-electron chi connectivity index (χ1n) is 37.2. The highest BCUT2D eigenvalue weighted by Crippen LogP contribution is 2.34. The SMILES string of the molecule is C/C=C\C(=C/C)[C@H](O)[C@@H](C)NC(=O)[C@H](C)[C@@H](OC)[C@@H]1CCCN1C(=O)C[C@@H](OC)[C@H]([C@@H](C)CC)N(C)C(=O)[C@@H](CC(=O)[C@H](C(C)C)N(C)C(=O)OCc1cc(NC(=O)CCC(=O)CCCOCCOCCOCCOCCOCCOCCOCCON)ccc1OC1OC(OC=O)C(O)C(O)C1O)C(C)C. The second kappa shape index (κ2) is 52.8. The van der Waals surface area contributed by atoms with Crippen LogP contribution in [-0.2, 0) is 102 Å². The third kappa shape index (κ3) is 32.7. The number of nitrogens with zero attached hydrogens (tertiary/aromatic N) is 3. The van der Waals surface area contributed by atoms with E-state index in [9.17, 15) is 54.0 Å². The maximum absolute atomic E-state index is 15.0. The van der Waals surface area contributed by atoms with E-state index in [0.717, 1.165) is 4.90 Å². The fraction of sp³-hybridized carbons (Fsp3) is 0.760. The van der Waals surface area contributed by atoms with Crippen LogP contribution in [0.5, 0.6) is 5.75 Å². The molecule has 0 radical (unpaired) electrons. The summed E-state index contributed by atoms with van der Waals surface area (Å²) in [6.45, 7) is 23.7. The molecule has 8 N–H and O–H groups in total. The molecule has 5 amide bonds. The molecule has 1 aromatic rings. The van der Waals surface area contributed by atoms with Gasteiger partial charge in [-0.3, -0.25) is 38.3 Å². The fourth-order valence-corrected chi connectivity index (χ4v) is 12.8. The summed E-state index contributed by atoms with van der Waals surface area (Å²) in [7, 11) is 6.01. The largest absolute Gasteiger partial charge is 0.461 e. The van der Waals surface area contributed by atoms with Crippen LogP contribution < -0.4 is 21.3 Å². The number of methoxy groups -OCH3 is 2. The van der Waals surface area contributed by atoms with E-state index >= 15 is 4.79 Å². The Morgan fingerprint density at radius 3 is 1.80 bits per heavy atom. The molecule has 0 bridgehead atoms.